The van der Waals surface area contributed by atoms with Crippen LogP contribution in [-0.2, 0) is 17.9 Å². The Bertz CT molecular complexity index is 1060. The van der Waals surface area contributed by atoms with Gasteiger partial charge in [-0.25, -0.2) is 0 Å². The van der Waals surface area contributed by atoms with Gasteiger partial charge in [0.25, 0.3) is 0 Å². The minimum atomic E-state index is -0.134. The molecule has 1 saturated heterocycles. The van der Waals surface area contributed by atoms with Crippen molar-refractivity contribution in [3.8, 4) is 0 Å². The molecule has 1 amide bonds. The first kappa shape index (κ1) is 19.6. The van der Waals surface area contributed by atoms with Gasteiger partial charge in [0, 0.05) is 36.1 Å². The van der Waals surface area contributed by atoms with Crippen molar-refractivity contribution >= 4 is 28.4 Å². The highest BCUT2D eigenvalue weighted by Gasteiger charge is 2.21. The molecule has 6 nitrogen and oxygen atoms in total. The van der Waals surface area contributed by atoms with Crippen molar-refractivity contribution in [2.45, 2.75) is 32.0 Å². The molecule has 1 fully saturated rings. The first-order valence-electron chi connectivity index (χ1n) is 9.79. The molecule has 1 aromatic heterocycles. The molecule has 150 valence electrons. The summed E-state index contributed by atoms with van der Waals surface area (Å²) in [6, 6.07) is 15.3. The summed E-state index contributed by atoms with van der Waals surface area (Å²) >= 11 is 5.94. The molecule has 0 unspecified atom stereocenters. The SMILES string of the molecule is O=C(Cn1ncc(=O)c2ccccc21)NC1CCN(Cc2ccc(Cl)cc2)CC1. The maximum Gasteiger partial charge on any atom is 0.241 e. The number of amides is 1. The van der Waals surface area contributed by atoms with E-state index in [1.54, 1.807) is 10.7 Å². The highest BCUT2D eigenvalue weighted by Crippen LogP contribution is 2.16. The summed E-state index contributed by atoms with van der Waals surface area (Å²) in [6.45, 7) is 2.87. The molecule has 29 heavy (non-hydrogen) atoms. The average Bonchev–Trinajstić information content (AvgIpc) is 2.73. The fraction of sp³-hybridized carbons (Fsp3) is 0.318. The lowest BCUT2D eigenvalue weighted by atomic mass is 10.0. The predicted molar refractivity (Wildman–Crippen MR) is 114 cm³/mol. The number of nitrogens with zero attached hydrogens (tertiary/aromatic N) is 3. The minimum absolute atomic E-state index is 0.0811. The van der Waals surface area contributed by atoms with E-state index in [0.29, 0.717) is 10.9 Å². The van der Waals surface area contributed by atoms with Gasteiger partial charge in [0.2, 0.25) is 11.3 Å². The Hall–Kier alpha value is -2.70. The van der Waals surface area contributed by atoms with Crippen molar-refractivity contribution in [1.82, 2.24) is 20.0 Å². The van der Waals surface area contributed by atoms with E-state index in [1.807, 2.05) is 30.3 Å². The zero-order valence-electron chi connectivity index (χ0n) is 16.1. The van der Waals surface area contributed by atoms with Gasteiger partial charge in [-0.1, -0.05) is 35.9 Å². The van der Waals surface area contributed by atoms with Crippen LogP contribution in [0.2, 0.25) is 5.02 Å². The zero-order chi connectivity index (χ0) is 20.2. The van der Waals surface area contributed by atoms with Crippen LogP contribution < -0.4 is 10.7 Å². The maximum absolute atomic E-state index is 12.5. The van der Waals surface area contributed by atoms with E-state index in [9.17, 15) is 9.59 Å². The van der Waals surface area contributed by atoms with E-state index < -0.39 is 0 Å². The molecule has 0 bridgehead atoms. The fourth-order valence-electron chi connectivity index (χ4n) is 3.78. The first-order valence-corrected chi connectivity index (χ1v) is 10.2. The summed E-state index contributed by atoms with van der Waals surface area (Å²) in [6.07, 6.45) is 3.10. The number of carbonyl (C=O) groups excluding carboxylic acids is 1. The summed E-state index contributed by atoms with van der Waals surface area (Å²) in [5.41, 5.74) is 1.78. The van der Waals surface area contributed by atoms with Crippen LogP contribution in [0.25, 0.3) is 10.9 Å². The third kappa shape index (κ3) is 4.83. The van der Waals surface area contributed by atoms with E-state index >= 15 is 0 Å². The number of fused-ring (bicyclic) bond motifs is 1. The number of benzene rings is 2. The Labute approximate surface area is 174 Å². The second kappa shape index (κ2) is 8.76. The van der Waals surface area contributed by atoms with Crippen LogP contribution in [0.3, 0.4) is 0 Å². The Morgan fingerprint density at radius 1 is 1.10 bits per heavy atom. The molecule has 0 saturated carbocycles. The second-order valence-corrected chi connectivity index (χ2v) is 7.86. The van der Waals surface area contributed by atoms with Gasteiger partial charge in [0.15, 0.2) is 0 Å². The molecule has 0 radical (unpaired) electrons. The number of halogens is 1. The lowest BCUT2D eigenvalue weighted by Crippen LogP contribution is -2.45. The summed E-state index contributed by atoms with van der Waals surface area (Å²) in [5, 5.41) is 8.57. The normalized spacial score (nSPS) is 15.5. The summed E-state index contributed by atoms with van der Waals surface area (Å²) < 4.78 is 1.59. The van der Waals surface area contributed by atoms with E-state index in [4.69, 9.17) is 11.6 Å². The van der Waals surface area contributed by atoms with Crippen molar-refractivity contribution in [3.05, 3.63) is 75.5 Å². The summed E-state index contributed by atoms with van der Waals surface area (Å²) in [5.74, 6) is -0.0811. The van der Waals surface area contributed by atoms with Gasteiger partial charge in [0.05, 0.1) is 11.7 Å². The summed E-state index contributed by atoms with van der Waals surface area (Å²) in [7, 11) is 0. The number of likely N-dealkylation sites (tertiary alicyclic amines) is 1. The quantitative estimate of drug-likeness (QED) is 0.702. The number of hydrogen-bond donors (Lipinski definition) is 1. The van der Waals surface area contributed by atoms with Crippen LogP contribution in [0.4, 0.5) is 0 Å². The third-order valence-corrected chi connectivity index (χ3v) is 5.58. The molecule has 1 aliphatic heterocycles. The molecule has 0 spiro atoms. The number of carbonyl (C=O) groups is 1. The zero-order valence-corrected chi connectivity index (χ0v) is 16.8. The fourth-order valence-corrected chi connectivity index (χ4v) is 3.91. The molecular formula is C22H23ClN4O2. The topological polar surface area (TPSA) is 67.2 Å². The molecule has 3 aromatic rings. The number of hydrogen-bond acceptors (Lipinski definition) is 4. The average molecular weight is 411 g/mol. The molecule has 1 aliphatic rings. The van der Waals surface area contributed by atoms with Crippen LogP contribution in [0.5, 0.6) is 0 Å². The molecule has 1 N–H and O–H groups in total. The highest BCUT2D eigenvalue weighted by molar-refractivity contribution is 6.30. The number of aromatic nitrogens is 2. The van der Waals surface area contributed by atoms with E-state index in [0.717, 1.165) is 37.5 Å². The summed E-state index contributed by atoms with van der Waals surface area (Å²) in [4.78, 5) is 26.9. The van der Waals surface area contributed by atoms with Gasteiger partial charge in [-0.3, -0.25) is 19.2 Å². The van der Waals surface area contributed by atoms with Gasteiger partial charge < -0.3 is 5.32 Å². The Kier molecular flexibility index (Phi) is 5.92. The van der Waals surface area contributed by atoms with Gasteiger partial charge in [0.1, 0.15) is 6.54 Å². The number of para-hydroxylation sites is 1. The van der Waals surface area contributed by atoms with Crippen LogP contribution in [0, 0.1) is 0 Å². The Morgan fingerprint density at radius 2 is 1.83 bits per heavy atom. The van der Waals surface area contributed by atoms with E-state index in [1.165, 1.54) is 11.8 Å². The van der Waals surface area contributed by atoms with Crippen molar-refractivity contribution < 1.29 is 4.79 Å². The van der Waals surface area contributed by atoms with Gasteiger partial charge >= 0.3 is 0 Å². The Balaban J connectivity index is 1.31. The van der Waals surface area contributed by atoms with Crippen molar-refractivity contribution in [2.24, 2.45) is 0 Å². The monoisotopic (exact) mass is 410 g/mol. The second-order valence-electron chi connectivity index (χ2n) is 7.43. The molecule has 4 rings (SSSR count). The third-order valence-electron chi connectivity index (χ3n) is 5.33. The first-order chi connectivity index (χ1) is 14.1. The molecule has 7 heteroatoms. The van der Waals surface area contributed by atoms with Crippen LogP contribution in [0.1, 0.15) is 18.4 Å². The van der Waals surface area contributed by atoms with E-state index in [-0.39, 0.29) is 23.9 Å². The van der Waals surface area contributed by atoms with Crippen LogP contribution in [-0.4, -0.2) is 39.7 Å². The lowest BCUT2D eigenvalue weighted by molar-refractivity contribution is -0.122. The predicted octanol–water partition coefficient (Wildman–Crippen LogP) is 2.83. The van der Waals surface area contributed by atoms with Gasteiger partial charge in [-0.2, -0.15) is 5.10 Å². The van der Waals surface area contributed by atoms with E-state index in [2.05, 4.69) is 27.4 Å². The molecule has 0 atom stereocenters. The standard InChI is InChI=1S/C22H23ClN4O2/c23-17-7-5-16(6-8-17)14-26-11-9-18(10-12-26)25-22(29)15-27-20-4-2-1-3-19(20)21(28)13-24-27/h1-8,13,18H,9-12,14-15H2,(H,25,29). The molecule has 2 aromatic carbocycles. The van der Waals surface area contributed by atoms with Gasteiger partial charge in [-0.15, -0.1) is 0 Å². The molecule has 0 aliphatic carbocycles. The number of piperidine rings is 1. The number of rotatable bonds is 5. The van der Waals surface area contributed by atoms with Crippen LogP contribution in [0.15, 0.2) is 59.5 Å². The van der Waals surface area contributed by atoms with Crippen molar-refractivity contribution in [2.75, 3.05) is 13.1 Å². The molecular weight excluding hydrogens is 388 g/mol. The Morgan fingerprint density at radius 3 is 2.59 bits per heavy atom. The maximum atomic E-state index is 12.5. The van der Waals surface area contributed by atoms with Crippen molar-refractivity contribution in [1.29, 1.82) is 0 Å². The van der Waals surface area contributed by atoms with Crippen molar-refractivity contribution in [3.63, 3.8) is 0 Å². The minimum Gasteiger partial charge on any atom is -0.352 e. The molecule has 2 heterocycles. The van der Waals surface area contributed by atoms with Crippen LogP contribution >= 0.6 is 11.6 Å². The lowest BCUT2D eigenvalue weighted by Gasteiger charge is -2.32. The number of nitrogens with one attached hydrogen (secondary N) is 1. The smallest absolute Gasteiger partial charge is 0.241 e. The largest absolute Gasteiger partial charge is 0.352 e. The van der Waals surface area contributed by atoms with Gasteiger partial charge in [-0.05, 0) is 42.7 Å². The highest BCUT2D eigenvalue weighted by atomic mass is 35.5.